The number of amides is 4. The number of nitrogens with one attached hydrogen (secondary N) is 2. The Morgan fingerprint density at radius 1 is 0.774 bits per heavy atom. The summed E-state index contributed by atoms with van der Waals surface area (Å²) in [7, 11) is 0. The molecule has 1 aliphatic heterocycles. The van der Waals surface area contributed by atoms with Gasteiger partial charge in [0, 0.05) is 12.8 Å². The summed E-state index contributed by atoms with van der Waals surface area (Å²) in [5, 5.41) is 5.32. The number of hydrogen-bond donors (Lipinski definition) is 2. The van der Waals surface area contributed by atoms with E-state index in [4.69, 9.17) is 0 Å². The Balaban J connectivity index is 1.73. The largest absolute Gasteiger partial charge is 0.348 e. The van der Waals surface area contributed by atoms with Crippen molar-refractivity contribution in [2.24, 2.45) is 4.99 Å². The number of hydrogen-bond acceptors (Lipinski definition) is 3. The molecule has 3 aromatic rings. The van der Waals surface area contributed by atoms with Crippen molar-refractivity contribution in [2.45, 2.75) is 18.4 Å². The Bertz CT molecular complexity index is 1030. The third-order valence-electron chi connectivity index (χ3n) is 5.26. The molecule has 0 saturated carbocycles. The SMILES string of the molecule is O=C(CCC1=NC(=O)NC1=O)NC(c1ccccc1)(c1ccccc1)c1ccccc1. The van der Waals surface area contributed by atoms with Crippen molar-refractivity contribution in [3.8, 4) is 0 Å². The molecule has 1 heterocycles. The highest BCUT2D eigenvalue weighted by Crippen LogP contribution is 2.36. The van der Waals surface area contributed by atoms with Crippen LogP contribution in [0.1, 0.15) is 29.5 Å². The van der Waals surface area contributed by atoms with Gasteiger partial charge in [-0.1, -0.05) is 91.0 Å². The number of carbonyl (C=O) groups is 3. The van der Waals surface area contributed by atoms with Crippen molar-refractivity contribution in [1.29, 1.82) is 0 Å². The molecule has 4 amide bonds. The number of nitrogens with zero attached hydrogens (tertiary/aromatic N) is 1. The maximum absolute atomic E-state index is 13.1. The van der Waals surface area contributed by atoms with E-state index in [1.165, 1.54) is 0 Å². The van der Waals surface area contributed by atoms with Crippen LogP contribution in [0.5, 0.6) is 0 Å². The lowest BCUT2D eigenvalue weighted by Crippen LogP contribution is -2.48. The minimum Gasteiger partial charge on any atom is -0.338 e. The van der Waals surface area contributed by atoms with E-state index in [1.54, 1.807) is 0 Å². The lowest BCUT2D eigenvalue weighted by atomic mass is 9.77. The second kappa shape index (κ2) is 8.75. The standard InChI is InChI=1S/C25H21N3O3/c29-22(17-16-21-23(30)27-24(31)26-21)28-25(18-10-4-1-5-11-18,19-12-6-2-7-13-19)20-14-8-3-9-15-20/h1-15H,16-17H2,(H,28,29)(H,27,30,31). The number of aliphatic imine (C=N–C) groups is 1. The molecule has 0 unspecified atom stereocenters. The Morgan fingerprint density at radius 2 is 1.23 bits per heavy atom. The lowest BCUT2D eigenvalue weighted by molar-refractivity contribution is -0.122. The van der Waals surface area contributed by atoms with E-state index in [9.17, 15) is 14.4 Å². The first-order chi connectivity index (χ1) is 15.1. The summed E-state index contributed by atoms with van der Waals surface area (Å²) in [6.07, 6.45) is 0.103. The summed E-state index contributed by atoms with van der Waals surface area (Å²) in [5.41, 5.74) is 1.88. The number of rotatable bonds is 7. The van der Waals surface area contributed by atoms with Crippen LogP contribution in [0.25, 0.3) is 0 Å². The van der Waals surface area contributed by atoms with E-state index < -0.39 is 17.5 Å². The van der Waals surface area contributed by atoms with Gasteiger partial charge in [0.15, 0.2) is 0 Å². The maximum atomic E-state index is 13.1. The summed E-state index contributed by atoms with van der Waals surface area (Å²) in [6.45, 7) is 0. The first kappa shape index (κ1) is 20.2. The summed E-state index contributed by atoms with van der Waals surface area (Å²) in [4.78, 5) is 39.8. The smallest absolute Gasteiger partial charge is 0.338 e. The van der Waals surface area contributed by atoms with E-state index in [0.717, 1.165) is 16.7 Å². The summed E-state index contributed by atoms with van der Waals surface area (Å²) in [5.74, 6) is -0.801. The van der Waals surface area contributed by atoms with Crippen molar-refractivity contribution in [3.05, 3.63) is 108 Å². The first-order valence-electron chi connectivity index (χ1n) is 10.00. The van der Waals surface area contributed by atoms with Crippen LogP contribution >= 0.6 is 0 Å². The Hall–Kier alpha value is -4.06. The van der Waals surface area contributed by atoms with Gasteiger partial charge in [0.05, 0.1) is 0 Å². The Kier molecular flexibility index (Phi) is 5.71. The van der Waals surface area contributed by atoms with Crippen LogP contribution in [0.15, 0.2) is 96.0 Å². The summed E-state index contributed by atoms with van der Waals surface area (Å²) < 4.78 is 0. The molecular weight excluding hydrogens is 390 g/mol. The predicted octanol–water partition coefficient (Wildman–Crippen LogP) is 3.57. The topological polar surface area (TPSA) is 87.6 Å². The fraction of sp³-hybridized carbons (Fsp3) is 0.120. The quantitative estimate of drug-likeness (QED) is 0.583. The number of urea groups is 1. The second-order valence-electron chi connectivity index (χ2n) is 7.21. The van der Waals surface area contributed by atoms with Crippen molar-refractivity contribution in [1.82, 2.24) is 10.6 Å². The average Bonchev–Trinajstić information content (AvgIpc) is 3.14. The highest BCUT2D eigenvalue weighted by Gasteiger charge is 2.38. The molecule has 0 saturated heterocycles. The van der Waals surface area contributed by atoms with Gasteiger partial charge in [-0.3, -0.25) is 14.9 Å². The molecule has 0 fully saturated rings. The van der Waals surface area contributed by atoms with E-state index in [0.29, 0.717) is 0 Å². The van der Waals surface area contributed by atoms with Gasteiger partial charge in [-0.05, 0) is 16.7 Å². The fourth-order valence-electron chi connectivity index (χ4n) is 3.82. The average molecular weight is 411 g/mol. The third kappa shape index (κ3) is 4.14. The molecule has 0 atom stereocenters. The summed E-state index contributed by atoms with van der Waals surface area (Å²) in [6, 6.07) is 28.6. The van der Waals surface area contributed by atoms with E-state index in [-0.39, 0.29) is 24.5 Å². The van der Waals surface area contributed by atoms with Crippen molar-refractivity contribution in [3.63, 3.8) is 0 Å². The van der Waals surface area contributed by atoms with Crippen LogP contribution in [0.4, 0.5) is 4.79 Å². The maximum Gasteiger partial charge on any atom is 0.348 e. The highest BCUT2D eigenvalue weighted by atomic mass is 16.2. The number of carbonyl (C=O) groups excluding carboxylic acids is 3. The second-order valence-corrected chi connectivity index (χ2v) is 7.21. The molecule has 4 rings (SSSR count). The van der Waals surface area contributed by atoms with Crippen LogP contribution in [0, 0.1) is 0 Å². The molecule has 0 aliphatic carbocycles. The predicted molar refractivity (Wildman–Crippen MR) is 118 cm³/mol. The van der Waals surface area contributed by atoms with Crippen LogP contribution in [-0.4, -0.2) is 23.6 Å². The Morgan fingerprint density at radius 3 is 1.61 bits per heavy atom. The lowest BCUT2D eigenvalue weighted by Gasteiger charge is -2.37. The van der Waals surface area contributed by atoms with Crippen LogP contribution < -0.4 is 10.6 Å². The van der Waals surface area contributed by atoms with Crippen molar-refractivity contribution >= 4 is 23.6 Å². The monoisotopic (exact) mass is 411 g/mol. The molecule has 1 aliphatic rings. The molecule has 0 spiro atoms. The molecule has 2 N–H and O–H groups in total. The fourth-order valence-corrected chi connectivity index (χ4v) is 3.82. The van der Waals surface area contributed by atoms with E-state index >= 15 is 0 Å². The Labute approximate surface area is 180 Å². The van der Waals surface area contributed by atoms with E-state index in [1.807, 2.05) is 91.0 Å². The zero-order valence-electron chi connectivity index (χ0n) is 16.7. The normalized spacial score (nSPS) is 13.5. The molecule has 3 aromatic carbocycles. The highest BCUT2D eigenvalue weighted by molar-refractivity contribution is 6.46. The zero-order valence-corrected chi connectivity index (χ0v) is 16.7. The van der Waals surface area contributed by atoms with Gasteiger partial charge in [0.25, 0.3) is 5.91 Å². The van der Waals surface area contributed by atoms with Gasteiger partial charge in [0.1, 0.15) is 11.3 Å². The molecule has 0 bridgehead atoms. The van der Waals surface area contributed by atoms with Crippen LogP contribution in [0.3, 0.4) is 0 Å². The van der Waals surface area contributed by atoms with Gasteiger partial charge < -0.3 is 5.32 Å². The van der Waals surface area contributed by atoms with Crippen molar-refractivity contribution in [2.75, 3.05) is 0 Å². The van der Waals surface area contributed by atoms with Gasteiger partial charge >= 0.3 is 6.03 Å². The molecular formula is C25H21N3O3. The minimum atomic E-state index is -0.920. The molecule has 6 heteroatoms. The summed E-state index contributed by atoms with van der Waals surface area (Å²) >= 11 is 0. The van der Waals surface area contributed by atoms with Gasteiger partial charge in [-0.15, -0.1) is 0 Å². The molecule has 0 aromatic heterocycles. The zero-order chi connectivity index (χ0) is 21.7. The molecule has 154 valence electrons. The van der Waals surface area contributed by atoms with E-state index in [2.05, 4.69) is 15.6 Å². The molecule has 0 radical (unpaired) electrons. The number of imide groups is 1. The van der Waals surface area contributed by atoms with Crippen LogP contribution in [0.2, 0.25) is 0 Å². The van der Waals surface area contributed by atoms with Gasteiger partial charge in [-0.2, -0.15) is 4.99 Å². The number of benzene rings is 3. The minimum absolute atomic E-state index is 0.0216. The first-order valence-corrected chi connectivity index (χ1v) is 10.00. The molecule has 6 nitrogen and oxygen atoms in total. The van der Waals surface area contributed by atoms with Gasteiger partial charge in [-0.25, -0.2) is 4.79 Å². The third-order valence-corrected chi connectivity index (χ3v) is 5.26. The van der Waals surface area contributed by atoms with Gasteiger partial charge in [0.2, 0.25) is 5.91 Å². The molecule has 31 heavy (non-hydrogen) atoms. The van der Waals surface area contributed by atoms with Crippen molar-refractivity contribution < 1.29 is 14.4 Å². The van der Waals surface area contributed by atoms with Crippen LogP contribution in [-0.2, 0) is 15.1 Å².